The van der Waals surface area contributed by atoms with E-state index in [1.165, 1.54) is 22.3 Å². The Morgan fingerprint density at radius 2 is 0.698 bits per heavy atom. The third-order valence-corrected chi connectivity index (χ3v) is 10.3. The van der Waals surface area contributed by atoms with Gasteiger partial charge in [0.05, 0.1) is 5.48 Å². The van der Waals surface area contributed by atoms with Gasteiger partial charge in [0.2, 0.25) is 0 Å². The van der Waals surface area contributed by atoms with Crippen LogP contribution in [0, 0.1) is 0 Å². The smallest absolute Gasteiger partial charge is 0.0629 e. The summed E-state index contributed by atoms with van der Waals surface area (Å²) in [5.74, 6) is 0. The first-order valence-corrected chi connectivity index (χ1v) is 18.0. The molecule has 0 bridgehead atoms. The number of hydrogen-bond donors (Lipinski definition) is 0. The molecular weight excluding hydrogens is 641 g/mol. The van der Waals surface area contributed by atoms with Crippen LogP contribution in [0.15, 0.2) is 206 Å². The molecule has 0 saturated carbocycles. The second-order valence-electron chi connectivity index (χ2n) is 13.9. The lowest BCUT2D eigenvalue weighted by Gasteiger charge is -2.28. The van der Waals surface area contributed by atoms with E-state index < -0.39 is 0 Å². The molecule has 0 fully saturated rings. The molecule has 0 aromatic heterocycles. The van der Waals surface area contributed by atoms with E-state index in [1.54, 1.807) is 0 Å². The molecule has 1 aliphatic rings. The summed E-state index contributed by atoms with van der Waals surface area (Å²) in [7, 11) is 0. The van der Waals surface area contributed by atoms with E-state index in [9.17, 15) is 0 Å². The van der Waals surface area contributed by atoms with Crippen LogP contribution < -0.4 is 9.80 Å². The van der Waals surface area contributed by atoms with Gasteiger partial charge in [0.15, 0.2) is 0 Å². The molecule has 0 spiro atoms. The van der Waals surface area contributed by atoms with E-state index in [4.69, 9.17) is 5.48 Å². The Hall–Kier alpha value is -6.64. The molecule has 0 radical (unpaired) electrons. The topological polar surface area (TPSA) is 6.48 Å². The van der Waals surface area contributed by atoms with Crippen molar-refractivity contribution in [3.05, 3.63) is 217 Å². The fourth-order valence-corrected chi connectivity index (χ4v) is 7.61. The zero-order valence-electron chi connectivity index (χ0n) is 33.7. The SMILES string of the molecule is [2H]c1c([2H])c(-c2ccc(N(c3ccccc3)c3ccc4c(c3)C(C)(C)c3ccccc3-4)cc2)c([2H])c([2H])c1-c1ccc(N(c2ccccc2)c2ccccc2)cc1. The number of benzene rings is 8. The Bertz CT molecular complexity index is 2660. The lowest BCUT2D eigenvalue weighted by atomic mass is 9.82. The maximum atomic E-state index is 9.16. The van der Waals surface area contributed by atoms with Crippen molar-refractivity contribution in [3.8, 4) is 33.4 Å². The summed E-state index contributed by atoms with van der Waals surface area (Å²) in [4.78, 5) is 4.37. The molecule has 0 aliphatic heterocycles. The first kappa shape index (κ1) is 28.0. The van der Waals surface area contributed by atoms with Crippen molar-refractivity contribution < 1.29 is 5.48 Å². The maximum absolute atomic E-state index is 9.16. The van der Waals surface area contributed by atoms with Crippen LogP contribution in [0.3, 0.4) is 0 Å². The summed E-state index contributed by atoms with van der Waals surface area (Å²) in [6, 6.07) is 61.0. The van der Waals surface area contributed by atoms with Crippen LogP contribution in [0.1, 0.15) is 30.5 Å². The van der Waals surface area contributed by atoms with Crippen molar-refractivity contribution in [3.63, 3.8) is 0 Å². The van der Waals surface area contributed by atoms with Crippen LogP contribution in [0.2, 0.25) is 0 Å². The van der Waals surface area contributed by atoms with Crippen molar-refractivity contribution in [2.24, 2.45) is 0 Å². The zero-order chi connectivity index (χ0) is 39.3. The molecule has 2 nitrogen and oxygen atoms in total. The van der Waals surface area contributed by atoms with E-state index in [0.717, 1.165) is 34.1 Å². The highest BCUT2D eigenvalue weighted by Crippen LogP contribution is 2.50. The molecule has 1 aliphatic carbocycles. The Morgan fingerprint density at radius 1 is 0.340 bits per heavy atom. The number of para-hydroxylation sites is 3. The van der Waals surface area contributed by atoms with Gasteiger partial charge in [-0.2, -0.15) is 0 Å². The van der Waals surface area contributed by atoms with E-state index >= 15 is 0 Å². The quantitative estimate of drug-likeness (QED) is 0.157. The molecule has 2 heteroatoms. The van der Waals surface area contributed by atoms with Crippen molar-refractivity contribution >= 4 is 34.1 Å². The van der Waals surface area contributed by atoms with Gasteiger partial charge in [-0.1, -0.05) is 147 Å². The van der Waals surface area contributed by atoms with Gasteiger partial charge in [-0.15, -0.1) is 0 Å². The largest absolute Gasteiger partial charge is 0.311 e. The highest BCUT2D eigenvalue weighted by molar-refractivity contribution is 5.86. The lowest BCUT2D eigenvalue weighted by molar-refractivity contribution is 0.660. The summed E-state index contributed by atoms with van der Waals surface area (Å²) in [6.45, 7) is 4.57. The summed E-state index contributed by atoms with van der Waals surface area (Å²) >= 11 is 0. The zero-order valence-corrected chi connectivity index (χ0v) is 29.7. The molecule has 0 unspecified atom stereocenters. The van der Waals surface area contributed by atoms with Gasteiger partial charge in [0.25, 0.3) is 0 Å². The molecule has 8 aromatic rings. The van der Waals surface area contributed by atoms with Gasteiger partial charge in [0, 0.05) is 39.5 Å². The van der Waals surface area contributed by atoms with Crippen molar-refractivity contribution in [2.45, 2.75) is 19.3 Å². The van der Waals surface area contributed by atoms with Crippen molar-refractivity contribution in [1.82, 2.24) is 0 Å². The monoisotopic (exact) mass is 684 g/mol. The number of hydrogen-bond acceptors (Lipinski definition) is 2. The molecule has 254 valence electrons. The first-order valence-electron chi connectivity index (χ1n) is 20.0. The van der Waals surface area contributed by atoms with E-state index in [2.05, 4.69) is 103 Å². The minimum absolute atomic E-state index is 0.0709. The van der Waals surface area contributed by atoms with E-state index in [0.29, 0.717) is 11.1 Å². The first-order chi connectivity index (χ1) is 27.7. The molecular formula is C51H40N2. The second-order valence-corrected chi connectivity index (χ2v) is 13.9. The second kappa shape index (κ2) is 13.5. The van der Waals surface area contributed by atoms with E-state index in [-0.39, 0.29) is 40.7 Å². The maximum Gasteiger partial charge on any atom is 0.0629 e. The molecule has 0 N–H and O–H groups in total. The lowest BCUT2D eigenvalue weighted by Crippen LogP contribution is -2.16. The average Bonchev–Trinajstić information content (AvgIpc) is 3.48. The third kappa shape index (κ3) is 5.99. The van der Waals surface area contributed by atoms with Gasteiger partial charge in [-0.25, -0.2) is 0 Å². The highest BCUT2D eigenvalue weighted by Gasteiger charge is 2.35. The summed E-state index contributed by atoms with van der Waals surface area (Å²) in [6.07, 6.45) is 0. The fourth-order valence-electron chi connectivity index (χ4n) is 7.61. The summed E-state index contributed by atoms with van der Waals surface area (Å²) in [5, 5.41) is 0. The normalized spacial score (nSPS) is 13.5. The molecule has 0 atom stereocenters. The van der Waals surface area contributed by atoms with Gasteiger partial charge >= 0.3 is 0 Å². The molecule has 9 rings (SSSR count). The minimum atomic E-state index is -0.149. The molecule has 0 heterocycles. The van der Waals surface area contributed by atoms with Crippen LogP contribution in [0.5, 0.6) is 0 Å². The van der Waals surface area contributed by atoms with Gasteiger partial charge in [-0.05, 0) is 117 Å². The van der Waals surface area contributed by atoms with Crippen molar-refractivity contribution in [1.29, 1.82) is 0 Å². The van der Waals surface area contributed by atoms with Crippen LogP contribution >= 0.6 is 0 Å². The number of fused-ring (bicyclic) bond motifs is 3. The highest BCUT2D eigenvalue weighted by atomic mass is 15.1. The standard InChI is InChI=1S/C51H40N2/c1-51(2)49-21-13-12-20-47(49)48-35-34-46(36-50(48)51)53(43-18-10-5-11-19-43)45-32-28-40(29-33-45)38-24-22-37(23-25-38)39-26-30-44(31-27-39)52(41-14-6-3-7-15-41)42-16-8-4-9-17-42/h3-36H,1-2H3/i22D,23D,24D,25D. The van der Waals surface area contributed by atoms with E-state index in [1.807, 2.05) is 103 Å². The fraction of sp³-hybridized carbons (Fsp3) is 0.0588. The molecule has 0 amide bonds. The predicted molar refractivity (Wildman–Crippen MR) is 224 cm³/mol. The van der Waals surface area contributed by atoms with Gasteiger partial charge < -0.3 is 9.80 Å². The third-order valence-electron chi connectivity index (χ3n) is 10.3. The Balaban J connectivity index is 1.06. The number of nitrogens with zero attached hydrogens (tertiary/aromatic N) is 2. The molecule has 0 saturated heterocycles. The molecule has 53 heavy (non-hydrogen) atoms. The summed E-state index contributed by atoms with van der Waals surface area (Å²) < 4.78 is 36.6. The Morgan fingerprint density at radius 3 is 1.17 bits per heavy atom. The number of anilines is 6. The van der Waals surface area contributed by atoms with Crippen LogP contribution in [-0.4, -0.2) is 0 Å². The number of rotatable bonds is 8. The summed E-state index contributed by atoms with van der Waals surface area (Å²) in [5.41, 5.74) is 12.7. The van der Waals surface area contributed by atoms with Gasteiger partial charge in [-0.3, -0.25) is 0 Å². The van der Waals surface area contributed by atoms with Crippen LogP contribution in [0.4, 0.5) is 34.1 Å². The Labute approximate surface area is 318 Å². The minimum Gasteiger partial charge on any atom is -0.311 e. The van der Waals surface area contributed by atoms with Crippen LogP contribution in [0.25, 0.3) is 33.4 Å². The van der Waals surface area contributed by atoms with Crippen molar-refractivity contribution in [2.75, 3.05) is 9.80 Å². The Kier molecular flexibility index (Phi) is 7.13. The van der Waals surface area contributed by atoms with Crippen LogP contribution in [-0.2, 0) is 5.41 Å². The average molecular weight is 685 g/mol. The predicted octanol–water partition coefficient (Wildman–Crippen LogP) is 14.3. The van der Waals surface area contributed by atoms with Gasteiger partial charge in [0.1, 0.15) is 0 Å². The molecule has 8 aromatic carbocycles.